The molecule has 0 unspecified atom stereocenters. The number of anilines is 4. The van der Waals surface area contributed by atoms with Gasteiger partial charge in [0.15, 0.2) is 0 Å². The highest BCUT2D eigenvalue weighted by Gasteiger charge is 2.21. The van der Waals surface area contributed by atoms with Crippen LogP contribution >= 0.6 is 0 Å². The van der Waals surface area contributed by atoms with E-state index in [1.165, 1.54) is 23.2 Å². The molecule has 0 amide bonds. The van der Waals surface area contributed by atoms with Gasteiger partial charge in [0, 0.05) is 55.0 Å². The fourth-order valence-electron chi connectivity index (χ4n) is 4.17. The summed E-state index contributed by atoms with van der Waals surface area (Å²) in [4.78, 5) is 13.6. The fourth-order valence-corrected chi connectivity index (χ4v) is 4.17. The van der Waals surface area contributed by atoms with E-state index in [1.54, 1.807) is 0 Å². The Balaban J connectivity index is 1.40. The van der Waals surface area contributed by atoms with E-state index in [4.69, 9.17) is 0 Å². The van der Waals surface area contributed by atoms with Crippen LogP contribution in [0.15, 0.2) is 42.6 Å². The van der Waals surface area contributed by atoms with Crippen molar-refractivity contribution in [1.82, 2.24) is 9.97 Å². The van der Waals surface area contributed by atoms with Crippen molar-refractivity contribution in [1.29, 1.82) is 0 Å². The number of aromatic nitrogens is 2. The van der Waals surface area contributed by atoms with Gasteiger partial charge in [0.25, 0.3) is 0 Å². The van der Waals surface area contributed by atoms with Crippen LogP contribution in [-0.4, -0.2) is 30.1 Å². The number of hydrogen-bond donors (Lipinski definition) is 1. The van der Waals surface area contributed by atoms with Gasteiger partial charge in [-0.3, -0.25) is 0 Å². The molecule has 28 heavy (non-hydrogen) atoms. The third-order valence-corrected chi connectivity index (χ3v) is 5.68. The van der Waals surface area contributed by atoms with Crippen molar-refractivity contribution in [3.05, 3.63) is 71.5 Å². The van der Waals surface area contributed by atoms with Crippen LogP contribution in [-0.2, 0) is 19.4 Å². The van der Waals surface area contributed by atoms with Crippen LogP contribution in [0, 0.1) is 12.3 Å². The van der Waals surface area contributed by atoms with Gasteiger partial charge in [-0.2, -0.15) is 4.98 Å². The van der Waals surface area contributed by atoms with Crippen LogP contribution in [0.4, 0.5) is 23.0 Å². The van der Waals surface area contributed by atoms with E-state index in [0.717, 1.165) is 55.4 Å². The van der Waals surface area contributed by atoms with Crippen LogP contribution in [0.5, 0.6) is 0 Å². The summed E-state index contributed by atoms with van der Waals surface area (Å²) >= 11 is 0. The van der Waals surface area contributed by atoms with Crippen molar-refractivity contribution in [2.45, 2.75) is 25.8 Å². The number of aryl methyl sites for hydroxylation is 1. The monoisotopic (exact) mass is 369 g/mol. The van der Waals surface area contributed by atoms with E-state index in [-0.39, 0.29) is 0 Å². The highest BCUT2D eigenvalue weighted by molar-refractivity contribution is 5.69. The summed E-state index contributed by atoms with van der Waals surface area (Å²) in [6.45, 7) is 2.82. The third kappa shape index (κ3) is 3.11. The maximum Gasteiger partial charge on any atom is 0.145 e. The van der Waals surface area contributed by atoms with Crippen molar-refractivity contribution in [2.24, 2.45) is 0 Å². The number of nitrogens with zero attached hydrogens (tertiary/aromatic N) is 4. The van der Waals surface area contributed by atoms with E-state index in [0.29, 0.717) is 0 Å². The fraction of sp³-hybridized carbons (Fsp3) is 0.304. The number of nitrogens with one attached hydrogen (secondary N) is 1. The highest BCUT2D eigenvalue weighted by Crippen LogP contribution is 2.32. The predicted molar refractivity (Wildman–Crippen MR) is 112 cm³/mol. The molecule has 5 rings (SSSR count). The molecule has 5 nitrogen and oxygen atoms in total. The molecular weight excluding hydrogens is 346 g/mol. The molecule has 0 spiro atoms. The van der Waals surface area contributed by atoms with E-state index < -0.39 is 0 Å². The molecule has 5 heteroatoms. The molecular formula is C23H23N5. The van der Waals surface area contributed by atoms with Crippen LogP contribution in [0.1, 0.15) is 23.1 Å². The first-order valence-corrected chi connectivity index (χ1v) is 9.86. The van der Waals surface area contributed by atoms with Crippen molar-refractivity contribution in [2.75, 3.05) is 35.3 Å². The number of fused-ring (bicyclic) bond motifs is 2. The van der Waals surface area contributed by atoms with Gasteiger partial charge in [-0.1, -0.05) is 12.1 Å². The zero-order valence-corrected chi connectivity index (χ0v) is 16.1. The summed E-state index contributed by atoms with van der Waals surface area (Å²) in [7, 11) is 2.17. The standard InChI is InChI=1S/C23H23N5/c1-27-13-4-5-17-7-8-19(15-21(17)27)26-23-20-10-14-28(16-18(20)9-12-25-23)22-6-2-3-11-24-22/h2-3,6-8,11,15H,4-5,10,13-14,16H2,1H3,(H,25,26). The zero-order chi connectivity index (χ0) is 18.9. The summed E-state index contributed by atoms with van der Waals surface area (Å²) in [5, 5.41) is 3.53. The Hall–Kier alpha value is -3.26. The molecule has 0 saturated carbocycles. The second-order valence-electron chi connectivity index (χ2n) is 7.51. The molecule has 0 saturated heterocycles. The molecule has 2 aliphatic heterocycles. The normalized spacial score (nSPS) is 15.5. The molecule has 4 heterocycles. The Morgan fingerprint density at radius 1 is 1.11 bits per heavy atom. The second-order valence-corrected chi connectivity index (χ2v) is 7.51. The van der Waals surface area contributed by atoms with Gasteiger partial charge in [-0.05, 0) is 55.2 Å². The Bertz CT molecular complexity index is 986. The number of hydrogen-bond acceptors (Lipinski definition) is 5. The maximum atomic E-state index is 4.48. The highest BCUT2D eigenvalue weighted by atomic mass is 15.2. The summed E-state index contributed by atoms with van der Waals surface area (Å²) in [5.74, 6) is 1.90. The second kappa shape index (κ2) is 7.05. The van der Waals surface area contributed by atoms with Gasteiger partial charge in [-0.25, -0.2) is 4.98 Å². The molecule has 140 valence electrons. The Labute approximate surface area is 166 Å². The van der Waals surface area contributed by atoms with Crippen LogP contribution in [0.2, 0.25) is 0 Å². The first-order chi connectivity index (χ1) is 13.8. The van der Waals surface area contributed by atoms with E-state index in [1.807, 2.05) is 18.3 Å². The molecule has 3 aromatic rings. The topological polar surface area (TPSA) is 44.3 Å². The zero-order valence-electron chi connectivity index (χ0n) is 16.1. The van der Waals surface area contributed by atoms with Crippen molar-refractivity contribution in [3.63, 3.8) is 0 Å². The molecule has 0 radical (unpaired) electrons. The van der Waals surface area contributed by atoms with Crippen LogP contribution in [0.3, 0.4) is 0 Å². The van der Waals surface area contributed by atoms with E-state index in [9.17, 15) is 0 Å². The lowest BCUT2D eigenvalue weighted by molar-refractivity contribution is 0.720. The first kappa shape index (κ1) is 16.9. The molecule has 1 N–H and O–H groups in total. The summed E-state index contributed by atoms with van der Waals surface area (Å²) in [6, 6.07) is 15.9. The third-order valence-electron chi connectivity index (χ3n) is 5.68. The van der Waals surface area contributed by atoms with Crippen molar-refractivity contribution in [3.8, 4) is 0 Å². The molecule has 0 bridgehead atoms. The number of benzene rings is 1. The van der Waals surface area contributed by atoms with Crippen molar-refractivity contribution < 1.29 is 0 Å². The molecule has 0 aliphatic carbocycles. The van der Waals surface area contributed by atoms with Gasteiger partial charge in [0.05, 0.1) is 6.54 Å². The van der Waals surface area contributed by atoms with E-state index >= 15 is 0 Å². The van der Waals surface area contributed by atoms with Crippen molar-refractivity contribution >= 4 is 23.0 Å². The van der Waals surface area contributed by atoms with Gasteiger partial charge in [-0.15, -0.1) is 0 Å². The van der Waals surface area contributed by atoms with Gasteiger partial charge in [0.1, 0.15) is 11.6 Å². The van der Waals surface area contributed by atoms with Gasteiger partial charge < -0.3 is 15.1 Å². The Morgan fingerprint density at radius 3 is 2.96 bits per heavy atom. The Kier molecular flexibility index (Phi) is 4.25. The van der Waals surface area contributed by atoms with Crippen LogP contribution < -0.4 is 15.1 Å². The summed E-state index contributed by atoms with van der Waals surface area (Å²) in [6.07, 6.45) is 8.09. The van der Waals surface area contributed by atoms with E-state index in [2.05, 4.69) is 68.7 Å². The molecule has 0 atom stereocenters. The molecule has 2 aliphatic rings. The quantitative estimate of drug-likeness (QED) is 0.761. The average Bonchev–Trinajstić information content (AvgIpc) is 2.75. The minimum absolute atomic E-state index is 0.785. The van der Waals surface area contributed by atoms with Gasteiger partial charge in [0.2, 0.25) is 0 Å². The lowest BCUT2D eigenvalue weighted by Gasteiger charge is -2.30. The van der Waals surface area contributed by atoms with Crippen LogP contribution in [0.25, 0.3) is 0 Å². The smallest absolute Gasteiger partial charge is 0.145 e. The van der Waals surface area contributed by atoms with Gasteiger partial charge >= 0.3 is 0 Å². The maximum absolute atomic E-state index is 4.48. The summed E-state index contributed by atoms with van der Waals surface area (Å²) < 4.78 is 0. The molecule has 1 aromatic carbocycles. The lowest BCUT2D eigenvalue weighted by Crippen LogP contribution is -2.31. The first-order valence-electron chi connectivity index (χ1n) is 9.86. The average molecular weight is 369 g/mol. The Morgan fingerprint density at radius 2 is 2.07 bits per heavy atom. The molecule has 0 fully saturated rings. The summed E-state index contributed by atoms with van der Waals surface area (Å²) in [5.41, 5.74) is 6.20. The number of pyridine rings is 1. The largest absolute Gasteiger partial charge is 0.374 e. The predicted octanol–water partition coefficient (Wildman–Crippen LogP) is 3.77. The lowest BCUT2D eigenvalue weighted by atomic mass is 10.0. The minimum Gasteiger partial charge on any atom is -0.374 e. The number of rotatable bonds is 3. The SMILES string of the molecule is CN1CCCc2ccc(Nc3nc#cc4c3CCN(c3ccccn3)C4)cc21. The minimum atomic E-state index is 0.785. The molecule has 2 aromatic heterocycles.